The minimum Gasteiger partial charge on any atom is -0.381 e. The van der Waals surface area contributed by atoms with E-state index < -0.39 is 0 Å². The summed E-state index contributed by atoms with van der Waals surface area (Å²) >= 11 is 0. The van der Waals surface area contributed by atoms with Crippen LogP contribution in [0.25, 0.3) is 0 Å². The van der Waals surface area contributed by atoms with E-state index in [1.54, 1.807) is 12.1 Å². The molecule has 0 aromatic heterocycles. The van der Waals surface area contributed by atoms with Crippen LogP contribution in [0, 0.1) is 23.1 Å². The predicted octanol–water partition coefficient (Wildman–Crippen LogP) is 3.07. The second-order valence-corrected chi connectivity index (χ2v) is 7.90. The highest BCUT2D eigenvalue weighted by molar-refractivity contribution is 5.94. The van der Waals surface area contributed by atoms with Crippen LogP contribution in [0.5, 0.6) is 0 Å². The van der Waals surface area contributed by atoms with Crippen LogP contribution >= 0.6 is 0 Å². The molecule has 26 heavy (non-hydrogen) atoms. The Bertz CT molecular complexity index is 654. The van der Waals surface area contributed by atoms with Crippen LogP contribution in [0.2, 0.25) is 0 Å². The number of nitrogens with one attached hydrogen (secondary N) is 1. The van der Waals surface area contributed by atoms with Crippen molar-refractivity contribution in [3.8, 4) is 0 Å². The lowest BCUT2D eigenvalue weighted by molar-refractivity contribution is -0.131. The molecule has 1 unspecified atom stereocenters. The second kappa shape index (κ2) is 7.74. The lowest BCUT2D eigenvalue weighted by Gasteiger charge is -2.37. The van der Waals surface area contributed by atoms with Gasteiger partial charge in [0, 0.05) is 43.8 Å². The number of hydrogen-bond acceptors (Lipinski definition) is 3. The van der Waals surface area contributed by atoms with Gasteiger partial charge in [0.2, 0.25) is 11.8 Å². The van der Waals surface area contributed by atoms with Crippen LogP contribution in [0.15, 0.2) is 24.3 Å². The fraction of sp³-hybridized carbons (Fsp3) is 0.600. The lowest BCUT2D eigenvalue weighted by atomic mass is 9.71. The molecular weight excluding hydrogens is 335 g/mol. The van der Waals surface area contributed by atoms with Gasteiger partial charge >= 0.3 is 0 Å². The van der Waals surface area contributed by atoms with Gasteiger partial charge in [-0.25, -0.2) is 4.39 Å². The third-order valence-corrected chi connectivity index (χ3v) is 5.50. The van der Waals surface area contributed by atoms with E-state index in [0.29, 0.717) is 44.3 Å². The average molecular weight is 362 g/mol. The summed E-state index contributed by atoms with van der Waals surface area (Å²) in [6.45, 7) is 6.34. The summed E-state index contributed by atoms with van der Waals surface area (Å²) in [4.78, 5) is 27.4. The van der Waals surface area contributed by atoms with Crippen molar-refractivity contribution in [2.75, 3.05) is 31.6 Å². The van der Waals surface area contributed by atoms with Gasteiger partial charge in [0.05, 0.1) is 5.92 Å². The first-order valence-corrected chi connectivity index (χ1v) is 9.31. The molecule has 142 valence electrons. The largest absolute Gasteiger partial charge is 0.381 e. The third kappa shape index (κ3) is 4.06. The normalized spacial score (nSPS) is 22.0. The molecule has 1 N–H and O–H groups in total. The number of nitrogens with zero attached hydrogens (tertiary/aromatic N) is 1. The fourth-order valence-electron chi connectivity index (χ4n) is 4.05. The zero-order valence-electron chi connectivity index (χ0n) is 15.5. The molecule has 2 heterocycles. The van der Waals surface area contributed by atoms with Gasteiger partial charge in [-0.15, -0.1) is 0 Å². The Kier molecular flexibility index (Phi) is 5.61. The van der Waals surface area contributed by atoms with Crippen molar-refractivity contribution in [1.29, 1.82) is 0 Å². The summed E-state index contributed by atoms with van der Waals surface area (Å²) < 4.78 is 18.6. The van der Waals surface area contributed by atoms with Gasteiger partial charge in [-0.2, -0.15) is 0 Å². The minimum atomic E-state index is -0.338. The molecule has 6 heteroatoms. The van der Waals surface area contributed by atoms with E-state index in [1.165, 1.54) is 12.1 Å². The number of rotatable bonds is 4. The molecule has 2 aliphatic heterocycles. The maximum Gasteiger partial charge on any atom is 0.229 e. The summed E-state index contributed by atoms with van der Waals surface area (Å²) in [5.41, 5.74) is 0.347. The molecule has 1 atom stereocenters. The molecular formula is C20H27FN2O3. The summed E-state index contributed by atoms with van der Waals surface area (Å²) in [6, 6.07) is 5.76. The van der Waals surface area contributed by atoms with Crippen molar-refractivity contribution in [1.82, 2.24) is 4.90 Å². The molecule has 1 aromatic rings. The van der Waals surface area contributed by atoms with E-state index in [-0.39, 0.29) is 29.0 Å². The van der Waals surface area contributed by atoms with E-state index in [9.17, 15) is 14.0 Å². The molecule has 2 aliphatic rings. The van der Waals surface area contributed by atoms with Crippen molar-refractivity contribution in [2.45, 2.75) is 33.1 Å². The van der Waals surface area contributed by atoms with Crippen molar-refractivity contribution < 1.29 is 18.7 Å². The smallest absolute Gasteiger partial charge is 0.229 e. The van der Waals surface area contributed by atoms with E-state index in [4.69, 9.17) is 4.74 Å². The molecule has 0 radical (unpaired) electrons. The van der Waals surface area contributed by atoms with Crippen LogP contribution < -0.4 is 5.32 Å². The number of anilines is 1. The van der Waals surface area contributed by atoms with E-state index >= 15 is 0 Å². The Morgan fingerprint density at radius 3 is 2.54 bits per heavy atom. The van der Waals surface area contributed by atoms with Crippen molar-refractivity contribution in [3.63, 3.8) is 0 Å². The first-order chi connectivity index (χ1) is 12.4. The molecule has 3 rings (SSSR count). The Labute approximate surface area is 153 Å². The molecule has 0 aliphatic carbocycles. The van der Waals surface area contributed by atoms with Gasteiger partial charge in [-0.1, -0.05) is 13.8 Å². The van der Waals surface area contributed by atoms with Gasteiger partial charge in [-0.3, -0.25) is 9.59 Å². The topological polar surface area (TPSA) is 58.6 Å². The average Bonchev–Trinajstić information content (AvgIpc) is 2.96. The third-order valence-electron chi connectivity index (χ3n) is 5.50. The van der Waals surface area contributed by atoms with Crippen molar-refractivity contribution in [2.24, 2.45) is 17.3 Å². The molecule has 1 aromatic carbocycles. The number of benzene rings is 1. The number of likely N-dealkylation sites (tertiary alicyclic amines) is 1. The first-order valence-electron chi connectivity index (χ1n) is 9.31. The Hall–Kier alpha value is -1.95. The molecule has 0 bridgehead atoms. The number of halogens is 1. The number of ether oxygens (including phenoxy) is 1. The molecule has 2 saturated heterocycles. The number of carbonyl (C=O) groups excluding carboxylic acids is 2. The van der Waals surface area contributed by atoms with E-state index in [1.807, 2.05) is 18.7 Å². The van der Waals surface area contributed by atoms with Gasteiger partial charge in [0.25, 0.3) is 0 Å². The zero-order valence-corrected chi connectivity index (χ0v) is 15.5. The molecule has 2 fully saturated rings. The highest BCUT2D eigenvalue weighted by Gasteiger charge is 2.51. The number of carbonyl (C=O) groups is 2. The van der Waals surface area contributed by atoms with Crippen LogP contribution in [0.1, 0.15) is 33.1 Å². The molecule has 0 saturated carbocycles. The van der Waals surface area contributed by atoms with Crippen molar-refractivity contribution in [3.05, 3.63) is 30.1 Å². The second-order valence-electron chi connectivity index (χ2n) is 7.90. The Balaban J connectivity index is 1.76. The number of amides is 2. The van der Waals surface area contributed by atoms with Gasteiger partial charge < -0.3 is 15.0 Å². The Morgan fingerprint density at radius 1 is 1.27 bits per heavy atom. The van der Waals surface area contributed by atoms with E-state index in [0.717, 1.165) is 12.8 Å². The number of hydrogen-bond donors (Lipinski definition) is 1. The highest BCUT2D eigenvalue weighted by Crippen LogP contribution is 2.45. The molecule has 5 nitrogen and oxygen atoms in total. The van der Waals surface area contributed by atoms with Crippen LogP contribution in [0.3, 0.4) is 0 Å². The standard InChI is InChI=1S/C20H27FN2O3/c1-14(2)11-18(24)23-12-17(20(13-23)7-9-26-10-8-20)19(25)22-16-5-3-15(21)4-6-16/h3-6,14,17H,7-13H2,1-2H3,(H,22,25). The molecule has 2 amide bonds. The van der Waals surface area contributed by atoms with E-state index in [2.05, 4.69) is 5.32 Å². The lowest BCUT2D eigenvalue weighted by Crippen LogP contribution is -2.42. The maximum absolute atomic E-state index is 13.1. The zero-order chi connectivity index (χ0) is 18.7. The SMILES string of the molecule is CC(C)CC(=O)N1CC(C(=O)Nc2ccc(F)cc2)C2(CCOCC2)C1. The molecule has 1 spiro atoms. The van der Waals surface area contributed by atoms with Gasteiger partial charge in [0.15, 0.2) is 0 Å². The quantitative estimate of drug-likeness (QED) is 0.896. The van der Waals surface area contributed by atoms with Crippen molar-refractivity contribution >= 4 is 17.5 Å². The minimum absolute atomic E-state index is 0.0987. The first kappa shape index (κ1) is 18.8. The highest BCUT2D eigenvalue weighted by atomic mass is 19.1. The van der Waals surface area contributed by atoms with Crippen LogP contribution in [-0.4, -0.2) is 43.0 Å². The maximum atomic E-state index is 13.1. The van der Waals surface area contributed by atoms with Crippen LogP contribution in [-0.2, 0) is 14.3 Å². The van der Waals surface area contributed by atoms with Crippen LogP contribution in [0.4, 0.5) is 10.1 Å². The predicted molar refractivity (Wildman–Crippen MR) is 97.0 cm³/mol. The van der Waals surface area contributed by atoms with Gasteiger partial charge in [-0.05, 0) is 43.0 Å². The summed E-state index contributed by atoms with van der Waals surface area (Å²) in [5, 5.41) is 2.90. The monoisotopic (exact) mass is 362 g/mol. The fourth-order valence-corrected chi connectivity index (χ4v) is 4.05. The van der Waals surface area contributed by atoms with Gasteiger partial charge in [0.1, 0.15) is 5.82 Å². The Morgan fingerprint density at radius 2 is 1.92 bits per heavy atom. The summed E-state index contributed by atoms with van der Waals surface area (Å²) in [5.74, 6) is -0.302. The summed E-state index contributed by atoms with van der Waals surface area (Å²) in [6.07, 6.45) is 2.05. The summed E-state index contributed by atoms with van der Waals surface area (Å²) in [7, 11) is 0.